The van der Waals surface area contributed by atoms with Crippen LogP contribution in [-0.2, 0) is 6.42 Å². The van der Waals surface area contributed by atoms with Gasteiger partial charge in [0, 0.05) is 18.2 Å². The average Bonchev–Trinajstić information content (AvgIpc) is 3.09. The van der Waals surface area contributed by atoms with Gasteiger partial charge in [0.25, 0.3) is 0 Å². The van der Waals surface area contributed by atoms with Crippen molar-refractivity contribution in [2.75, 3.05) is 17.2 Å². The molecule has 1 fully saturated rings. The predicted octanol–water partition coefficient (Wildman–Crippen LogP) is 2.25. The van der Waals surface area contributed by atoms with Crippen molar-refractivity contribution in [3.8, 4) is 0 Å². The number of nitrogens with zero attached hydrogens (tertiary/aromatic N) is 3. The summed E-state index contributed by atoms with van der Waals surface area (Å²) < 4.78 is 0. The van der Waals surface area contributed by atoms with Crippen LogP contribution in [0.2, 0.25) is 0 Å². The van der Waals surface area contributed by atoms with Crippen molar-refractivity contribution in [1.82, 2.24) is 9.97 Å². The van der Waals surface area contributed by atoms with Crippen molar-refractivity contribution in [3.63, 3.8) is 0 Å². The molecule has 1 aromatic heterocycles. The van der Waals surface area contributed by atoms with Crippen LogP contribution in [0.15, 0.2) is 6.33 Å². The summed E-state index contributed by atoms with van der Waals surface area (Å²) in [4.78, 5) is 11.0. The number of anilines is 2. The maximum Gasteiger partial charge on any atom is 0.137 e. The van der Waals surface area contributed by atoms with Crippen LogP contribution in [0.1, 0.15) is 39.2 Å². The van der Waals surface area contributed by atoms with Gasteiger partial charge < -0.3 is 10.6 Å². The van der Waals surface area contributed by atoms with Gasteiger partial charge in [-0.3, -0.25) is 0 Å². The average molecular weight is 234 g/mol. The molecule has 0 unspecified atom stereocenters. The Kier molecular flexibility index (Phi) is 3.50. The van der Waals surface area contributed by atoms with E-state index in [1.807, 2.05) is 0 Å². The molecule has 94 valence electrons. The summed E-state index contributed by atoms with van der Waals surface area (Å²) in [5.41, 5.74) is 7.04. The Labute approximate surface area is 103 Å². The Morgan fingerprint density at radius 3 is 2.65 bits per heavy atom. The molecule has 1 aliphatic rings. The zero-order valence-corrected chi connectivity index (χ0v) is 11.0. The Bertz CT molecular complexity index is 385. The lowest BCUT2D eigenvalue weighted by molar-refractivity contribution is 0.600. The first-order valence-electron chi connectivity index (χ1n) is 6.49. The number of rotatable bonds is 5. The summed E-state index contributed by atoms with van der Waals surface area (Å²) in [6.07, 6.45) is 5.03. The lowest BCUT2D eigenvalue weighted by Crippen LogP contribution is -2.31. The normalized spacial score (nSPS) is 15.3. The third-order valence-electron chi connectivity index (χ3n) is 3.13. The third-order valence-corrected chi connectivity index (χ3v) is 3.13. The van der Waals surface area contributed by atoms with Crippen LogP contribution in [0.4, 0.5) is 11.6 Å². The molecular weight excluding hydrogens is 212 g/mol. The van der Waals surface area contributed by atoms with Gasteiger partial charge in [-0.2, -0.15) is 0 Å². The highest BCUT2D eigenvalue weighted by molar-refractivity contribution is 5.57. The Balaban J connectivity index is 2.31. The van der Waals surface area contributed by atoms with Crippen LogP contribution in [0.25, 0.3) is 0 Å². The molecule has 4 heteroatoms. The maximum atomic E-state index is 5.94. The predicted molar refractivity (Wildman–Crippen MR) is 71.0 cm³/mol. The minimum Gasteiger partial charge on any atom is -0.383 e. The van der Waals surface area contributed by atoms with E-state index in [2.05, 4.69) is 35.6 Å². The van der Waals surface area contributed by atoms with Crippen LogP contribution < -0.4 is 10.6 Å². The van der Waals surface area contributed by atoms with Gasteiger partial charge in [-0.1, -0.05) is 20.8 Å². The van der Waals surface area contributed by atoms with Crippen LogP contribution in [0, 0.1) is 5.92 Å². The van der Waals surface area contributed by atoms with Gasteiger partial charge in [0.2, 0.25) is 0 Å². The maximum absolute atomic E-state index is 5.94. The molecule has 1 aromatic rings. The van der Waals surface area contributed by atoms with E-state index < -0.39 is 0 Å². The summed E-state index contributed by atoms with van der Waals surface area (Å²) in [6.45, 7) is 7.64. The highest BCUT2D eigenvalue weighted by Gasteiger charge is 2.31. The zero-order chi connectivity index (χ0) is 12.4. The molecule has 1 saturated carbocycles. The first kappa shape index (κ1) is 12.1. The van der Waals surface area contributed by atoms with Crippen LogP contribution in [0.3, 0.4) is 0 Å². The molecule has 0 spiro atoms. The van der Waals surface area contributed by atoms with Crippen molar-refractivity contribution in [2.24, 2.45) is 5.92 Å². The van der Waals surface area contributed by atoms with Gasteiger partial charge in [0.05, 0.1) is 0 Å². The van der Waals surface area contributed by atoms with E-state index in [1.165, 1.54) is 12.8 Å². The molecule has 0 aliphatic heterocycles. The van der Waals surface area contributed by atoms with Crippen molar-refractivity contribution >= 4 is 11.6 Å². The quantitative estimate of drug-likeness (QED) is 0.849. The molecule has 0 bridgehead atoms. The monoisotopic (exact) mass is 234 g/mol. The summed E-state index contributed by atoms with van der Waals surface area (Å²) >= 11 is 0. The molecule has 0 saturated heterocycles. The van der Waals surface area contributed by atoms with Gasteiger partial charge in [-0.25, -0.2) is 9.97 Å². The number of hydrogen-bond donors (Lipinski definition) is 1. The summed E-state index contributed by atoms with van der Waals surface area (Å²) in [5.74, 6) is 2.32. The second-order valence-electron chi connectivity index (χ2n) is 5.19. The fourth-order valence-corrected chi connectivity index (χ4v) is 2.19. The van der Waals surface area contributed by atoms with Gasteiger partial charge in [0.15, 0.2) is 0 Å². The molecule has 17 heavy (non-hydrogen) atoms. The molecule has 1 aliphatic carbocycles. The number of nitrogen functional groups attached to an aromatic ring is 1. The smallest absolute Gasteiger partial charge is 0.137 e. The second kappa shape index (κ2) is 4.90. The van der Waals surface area contributed by atoms with E-state index in [-0.39, 0.29) is 0 Å². The second-order valence-corrected chi connectivity index (χ2v) is 5.19. The van der Waals surface area contributed by atoms with Gasteiger partial charge >= 0.3 is 0 Å². The van der Waals surface area contributed by atoms with E-state index in [4.69, 9.17) is 5.73 Å². The van der Waals surface area contributed by atoms with Crippen LogP contribution in [0.5, 0.6) is 0 Å². The summed E-state index contributed by atoms with van der Waals surface area (Å²) in [5, 5.41) is 0. The Morgan fingerprint density at radius 1 is 1.41 bits per heavy atom. The number of aromatic nitrogens is 2. The lowest BCUT2D eigenvalue weighted by atomic mass is 10.1. The van der Waals surface area contributed by atoms with Crippen LogP contribution >= 0.6 is 0 Å². The Hall–Kier alpha value is -1.32. The van der Waals surface area contributed by atoms with E-state index in [1.54, 1.807) is 6.33 Å². The molecule has 0 radical (unpaired) electrons. The van der Waals surface area contributed by atoms with Crippen molar-refractivity contribution in [3.05, 3.63) is 11.9 Å². The molecule has 1 heterocycles. The molecule has 2 N–H and O–H groups in total. The summed E-state index contributed by atoms with van der Waals surface area (Å²) in [7, 11) is 0. The van der Waals surface area contributed by atoms with Gasteiger partial charge in [-0.05, 0) is 25.2 Å². The molecule has 0 aromatic carbocycles. The molecule has 0 atom stereocenters. The first-order chi connectivity index (χ1) is 8.13. The topological polar surface area (TPSA) is 55.0 Å². The molecule has 4 nitrogen and oxygen atoms in total. The fraction of sp³-hybridized carbons (Fsp3) is 0.692. The molecular formula is C13H22N4. The van der Waals surface area contributed by atoms with Gasteiger partial charge in [-0.15, -0.1) is 0 Å². The lowest BCUT2D eigenvalue weighted by Gasteiger charge is -2.27. The number of hydrogen-bond acceptors (Lipinski definition) is 4. The SMILES string of the molecule is CCc1c(N)ncnc1N(CC(C)C)C1CC1. The molecule has 0 amide bonds. The van der Waals surface area contributed by atoms with Crippen molar-refractivity contribution < 1.29 is 0 Å². The fourth-order valence-electron chi connectivity index (χ4n) is 2.19. The molecule has 2 rings (SSSR count). The largest absolute Gasteiger partial charge is 0.383 e. The third kappa shape index (κ3) is 2.68. The first-order valence-corrected chi connectivity index (χ1v) is 6.49. The highest BCUT2D eigenvalue weighted by atomic mass is 15.2. The van der Waals surface area contributed by atoms with E-state index in [0.29, 0.717) is 17.8 Å². The van der Waals surface area contributed by atoms with Crippen molar-refractivity contribution in [2.45, 2.75) is 46.1 Å². The van der Waals surface area contributed by atoms with Gasteiger partial charge in [0.1, 0.15) is 18.0 Å². The summed E-state index contributed by atoms with van der Waals surface area (Å²) in [6, 6.07) is 0.664. The Morgan fingerprint density at radius 2 is 2.12 bits per heavy atom. The van der Waals surface area contributed by atoms with E-state index in [9.17, 15) is 0 Å². The van der Waals surface area contributed by atoms with E-state index in [0.717, 1.165) is 24.3 Å². The highest BCUT2D eigenvalue weighted by Crippen LogP contribution is 2.34. The van der Waals surface area contributed by atoms with Crippen molar-refractivity contribution in [1.29, 1.82) is 0 Å². The minimum absolute atomic E-state index is 0.631. The van der Waals surface area contributed by atoms with E-state index >= 15 is 0 Å². The minimum atomic E-state index is 0.631. The standard InChI is InChI=1S/C13H22N4/c1-4-11-12(14)15-8-16-13(11)17(7-9(2)3)10-5-6-10/h8-10H,4-7H2,1-3H3,(H2,14,15,16). The van der Waals surface area contributed by atoms with Crippen LogP contribution in [-0.4, -0.2) is 22.6 Å². The zero-order valence-electron chi connectivity index (χ0n) is 11.0. The number of nitrogens with two attached hydrogens (primary N) is 1.